The molecule has 0 saturated heterocycles. The Morgan fingerprint density at radius 3 is 1.97 bits per heavy atom. The van der Waals surface area contributed by atoms with Crippen molar-refractivity contribution < 1.29 is 24.2 Å². The van der Waals surface area contributed by atoms with E-state index in [9.17, 15) is 19.5 Å². The number of rotatable bonds is 8. The molecule has 3 rings (SSSR count). The fourth-order valence-corrected chi connectivity index (χ4v) is 4.37. The molecule has 0 radical (unpaired) electrons. The van der Waals surface area contributed by atoms with Gasteiger partial charge in [-0.15, -0.1) is 0 Å². The normalized spacial score (nSPS) is 14.0. The standard InChI is InChI=1S/C27H34N2O5/c1-26(2,3)14-17(23(30)31)15-28-24(32)27(4,5)29-25(33)34-16-22-20-12-8-6-10-18(20)19-11-7-9-13-21(19)22/h6-13,17,22H,14-16H2,1-5H3,(H,28,32)(H,29,33)(H,30,31). The number of hydrogen-bond donors (Lipinski definition) is 3. The van der Waals surface area contributed by atoms with Gasteiger partial charge in [0.2, 0.25) is 5.91 Å². The summed E-state index contributed by atoms with van der Waals surface area (Å²) in [5.41, 5.74) is 3.01. The fraction of sp³-hybridized carbons (Fsp3) is 0.444. The summed E-state index contributed by atoms with van der Waals surface area (Å²) in [6.07, 6.45) is -0.283. The summed E-state index contributed by atoms with van der Waals surface area (Å²) in [4.78, 5) is 36.8. The van der Waals surface area contributed by atoms with Gasteiger partial charge < -0.3 is 20.5 Å². The van der Waals surface area contributed by atoms with Crippen LogP contribution in [0.15, 0.2) is 48.5 Å². The second-order valence-electron chi connectivity index (χ2n) is 10.6. The Kier molecular flexibility index (Phi) is 7.34. The van der Waals surface area contributed by atoms with Gasteiger partial charge in [0.05, 0.1) is 5.92 Å². The van der Waals surface area contributed by atoms with Crippen LogP contribution in [-0.4, -0.2) is 41.8 Å². The molecule has 0 spiro atoms. The third-order valence-corrected chi connectivity index (χ3v) is 6.04. The lowest BCUT2D eigenvalue weighted by Crippen LogP contribution is -2.55. The van der Waals surface area contributed by atoms with E-state index in [1.54, 1.807) is 13.8 Å². The fourth-order valence-electron chi connectivity index (χ4n) is 4.37. The Morgan fingerprint density at radius 1 is 0.941 bits per heavy atom. The van der Waals surface area contributed by atoms with Crippen LogP contribution < -0.4 is 10.6 Å². The van der Waals surface area contributed by atoms with Crippen molar-refractivity contribution in [1.29, 1.82) is 0 Å². The van der Waals surface area contributed by atoms with E-state index < -0.39 is 29.4 Å². The number of benzene rings is 2. The van der Waals surface area contributed by atoms with Gasteiger partial charge in [-0.3, -0.25) is 9.59 Å². The van der Waals surface area contributed by atoms with Crippen LogP contribution in [0.1, 0.15) is 58.1 Å². The first kappa shape index (κ1) is 25.3. The highest BCUT2D eigenvalue weighted by atomic mass is 16.5. The quantitative estimate of drug-likeness (QED) is 0.529. The lowest BCUT2D eigenvalue weighted by molar-refractivity contribution is -0.142. The van der Waals surface area contributed by atoms with Crippen LogP contribution in [0.2, 0.25) is 0 Å². The summed E-state index contributed by atoms with van der Waals surface area (Å²) in [5, 5.41) is 14.7. The Bertz CT molecular complexity index is 1030. The minimum absolute atomic E-state index is 0.0127. The Morgan fingerprint density at radius 2 is 1.47 bits per heavy atom. The number of alkyl carbamates (subject to hydrolysis) is 1. The molecule has 0 aliphatic heterocycles. The molecule has 2 aromatic carbocycles. The second-order valence-corrected chi connectivity index (χ2v) is 10.6. The molecule has 7 nitrogen and oxygen atoms in total. The van der Waals surface area contributed by atoms with Crippen molar-refractivity contribution in [3.05, 3.63) is 59.7 Å². The molecule has 34 heavy (non-hydrogen) atoms. The second kappa shape index (κ2) is 9.87. The maximum atomic E-state index is 12.7. The van der Waals surface area contributed by atoms with E-state index in [-0.39, 0.29) is 24.5 Å². The number of fused-ring (bicyclic) bond motifs is 3. The summed E-state index contributed by atoms with van der Waals surface area (Å²) in [6, 6.07) is 16.1. The Hall–Kier alpha value is -3.35. The highest BCUT2D eigenvalue weighted by Crippen LogP contribution is 2.44. The zero-order valence-corrected chi connectivity index (χ0v) is 20.5. The number of carbonyl (C=O) groups is 3. The van der Waals surface area contributed by atoms with E-state index in [4.69, 9.17) is 4.74 Å². The van der Waals surface area contributed by atoms with E-state index in [0.717, 1.165) is 22.3 Å². The van der Waals surface area contributed by atoms with Gasteiger partial charge in [0.1, 0.15) is 12.1 Å². The van der Waals surface area contributed by atoms with E-state index in [0.29, 0.717) is 6.42 Å². The first-order valence-corrected chi connectivity index (χ1v) is 11.5. The number of ether oxygens (including phenoxy) is 1. The summed E-state index contributed by atoms with van der Waals surface area (Å²) < 4.78 is 5.53. The number of nitrogens with one attached hydrogen (secondary N) is 2. The monoisotopic (exact) mass is 466 g/mol. The molecule has 7 heteroatoms. The third kappa shape index (κ3) is 5.95. The van der Waals surface area contributed by atoms with Crippen molar-refractivity contribution in [3.63, 3.8) is 0 Å². The lowest BCUT2D eigenvalue weighted by Gasteiger charge is -2.27. The maximum Gasteiger partial charge on any atom is 0.408 e. The average Bonchev–Trinajstić information content (AvgIpc) is 3.07. The molecule has 1 aliphatic carbocycles. The van der Waals surface area contributed by atoms with Gasteiger partial charge in [-0.1, -0.05) is 69.3 Å². The van der Waals surface area contributed by atoms with Crippen molar-refractivity contribution >= 4 is 18.0 Å². The molecule has 1 unspecified atom stereocenters. The average molecular weight is 467 g/mol. The molecule has 2 amide bonds. The van der Waals surface area contributed by atoms with Crippen LogP contribution in [0, 0.1) is 11.3 Å². The molecule has 0 heterocycles. The largest absolute Gasteiger partial charge is 0.481 e. The van der Waals surface area contributed by atoms with Gasteiger partial charge >= 0.3 is 12.1 Å². The van der Waals surface area contributed by atoms with Crippen molar-refractivity contribution in [2.24, 2.45) is 11.3 Å². The molecular formula is C27H34N2O5. The van der Waals surface area contributed by atoms with Gasteiger partial charge in [-0.2, -0.15) is 0 Å². The topological polar surface area (TPSA) is 105 Å². The SMILES string of the molecule is CC(C)(C)CC(CNC(=O)C(C)(C)NC(=O)OCC1c2ccccc2-c2ccccc21)C(=O)O. The Balaban J connectivity index is 1.58. The van der Waals surface area contributed by atoms with Crippen LogP contribution >= 0.6 is 0 Å². The number of carboxylic acid groups (broad SMARTS) is 1. The first-order chi connectivity index (χ1) is 15.9. The number of hydrogen-bond acceptors (Lipinski definition) is 4. The van der Waals surface area contributed by atoms with Crippen LogP contribution in [0.3, 0.4) is 0 Å². The summed E-state index contributed by atoms with van der Waals surface area (Å²) in [7, 11) is 0. The molecule has 1 aliphatic rings. The number of carboxylic acids is 1. The molecule has 0 saturated carbocycles. The number of aliphatic carboxylic acids is 1. The predicted molar refractivity (Wildman–Crippen MR) is 130 cm³/mol. The van der Waals surface area contributed by atoms with Gasteiger partial charge in [0.15, 0.2) is 0 Å². The molecule has 0 aromatic heterocycles. The maximum absolute atomic E-state index is 12.7. The van der Waals surface area contributed by atoms with Crippen LogP contribution in [0.4, 0.5) is 4.79 Å². The lowest BCUT2D eigenvalue weighted by atomic mass is 9.84. The smallest absolute Gasteiger partial charge is 0.408 e. The number of amides is 2. The zero-order chi connectivity index (χ0) is 25.1. The van der Waals surface area contributed by atoms with E-state index in [1.807, 2.05) is 57.2 Å². The zero-order valence-electron chi connectivity index (χ0n) is 20.5. The van der Waals surface area contributed by atoms with Gasteiger partial charge in [0.25, 0.3) is 0 Å². The minimum atomic E-state index is -1.27. The minimum Gasteiger partial charge on any atom is -0.481 e. The summed E-state index contributed by atoms with van der Waals surface area (Å²) >= 11 is 0. The highest BCUT2D eigenvalue weighted by molar-refractivity contribution is 5.89. The third-order valence-electron chi connectivity index (χ3n) is 6.04. The highest BCUT2D eigenvalue weighted by Gasteiger charge is 2.33. The van der Waals surface area contributed by atoms with Crippen LogP contribution in [0.25, 0.3) is 11.1 Å². The van der Waals surface area contributed by atoms with Gasteiger partial charge in [0, 0.05) is 12.5 Å². The molecule has 2 aromatic rings. The Labute approximate surface area is 200 Å². The van der Waals surface area contributed by atoms with Crippen molar-refractivity contribution in [3.8, 4) is 11.1 Å². The molecule has 1 atom stereocenters. The molecular weight excluding hydrogens is 432 g/mol. The molecule has 3 N–H and O–H groups in total. The molecule has 0 bridgehead atoms. The van der Waals surface area contributed by atoms with E-state index >= 15 is 0 Å². The van der Waals surface area contributed by atoms with E-state index in [1.165, 1.54) is 0 Å². The molecule has 0 fully saturated rings. The van der Waals surface area contributed by atoms with Crippen molar-refractivity contribution in [2.45, 2.75) is 52.5 Å². The first-order valence-electron chi connectivity index (χ1n) is 11.5. The van der Waals surface area contributed by atoms with Gasteiger partial charge in [-0.05, 0) is 47.9 Å². The van der Waals surface area contributed by atoms with Crippen LogP contribution in [0.5, 0.6) is 0 Å². The van der Waals surface area contributed by atoms with E-state index in [2.05, 4.69) is 22.8 Å². The predicted octanol–water partition coefficient (Wildman–Crippen LogP) is 4.56. The summed E-state index contributed by atoms with van der Waals surface area (Å²) in [5.74, 6) is -2.23. The van der Waals surface area contributed by atoms with Crippen molar-refractivity contribution in [1.82, 2.24) is 10.6 Å². The summed E-state index contributed by atoms with van der Waals surface area (Å²) in [6.45, 7) is 9.10. The number of carbonyl (C=O) groups excluding carboxylic acids is 2. The van der Waals surface area contributed by atoms with Crippen molar-refractivity contribution in [2.75, 3.05) is 13.2 Å². The molecule has 182 valence electrons. The van der Waals surface area contributed by atoms with Crippen LogP contribution in [-0.2, 0) is 14.3 Å². The van der Waals surface area contributed by atoms with Gasteiger partial charge in [-0.25, -0.2) is 4.79 Å².